The molecule has 0 saturated heterocycles. The zero-order valence-corrected chi connectivity index (χ0v) is 15.1. The summed E-state index contributed by atoms with van der Waals surface area (Å²) in [6.45, 7) is 1.88. The number of carbonyl (C=O) groups is 3. The van der Waals surface area contributed by atoms with E-state index >= 15 is 0 Å². The average Bonchev–Trinajstić information content (AvgIpc) is 2.84. The molecule has 25 heavy (non-hydrogen) atoms. The fourth-order valence-corrected chi connectivity index (χ4v) is 3.06. The van der Waals surface area contributed by atoms with Crippen molar-refractivity contribution in [1.82, 2.24) is 15.2 Å². The van der Waals surface area contributed by atoms with Crippen molar-refractivity contribution in [1.29, 1.82) is 0 Å². The highest BCUT2D eigenvalue weighted by molar-refractivity contribution is 9.10. The third-order valence-corrected chi connectivity index (χ3v) is 4.50. The van der Waals surface area contributed by atoms with Gasteiger partial charge in [-0.25, -0.2) is 0 Å². The van der Waals surface area contributed by atoms with E-state index in [1.807, 2.05) is 19.1 Å². The van der Waals surface area contributed by atoms with E-state index in [0.29, 0.717) is 11.1 Å². The van der Waals surface area contributed by atoms with Crippen LogP contribution in [0.4, 0.5) is 0 Å². The molecule has 2 heterocycles. The summed E-state index contributed by atoms with van der Waals surface area (Å²) in [5.41, 5.74) is 1.48. The Morgan fingerprint density at radius 1 is 1.20 bits per heavy atom. The number of halogens is 1. The molecule has 3 rings (SSSR count). The van der Waals surface area contributed by atoms with E-state index in [1.165, 1.54) is 0 Å². The summed E-state index contributed by atoms with van der Waals surface area (Å²) < 4.78 is 0.733. The highest BCUT2D eigenvalue weighted by atomic mass is 79.9. The number of benzene rings is 1. The number of fused-ring (bicyclic) bond motifs is 1. The first-order valence-corrected chi connectivity index (χ1v) is 8.62. The lowest BCUT2D eigenvalue weighted by atomic mass is 10.1. The molecule has 0 fully saturated rings. The summed E-state index contributed by atoms with van der Waals surface area (Å²) in [6, 6.07) is 10.2. The van der Waals surface area contributed by atoms with Gasteiger partial charge in [-0.15, -0.1) is 0 Å². The van der Waals surface area contributed by atoms with Crippen LogP contribution < -0.4 is 5.32 Å². The van der Waals surface area contributed by atoms with Crippen LogP contribution in [0, 0.1) is 0 Å². The van der Waals surface area contributed by atoms with Gasteiger partial charge in [-0.05, 0) is 37.3 Å². The van der Waals surface area contributed by atoms with Crippen LogP contribution in [0.1, 0.15) is 45.8 Å². The molecule has 0 spiro atoms. The van der Waals surface area contributed by atoms with Crippen LogP contribution in [0.3, 0.4) is 0 Å². The van der Waals surface area contributed by atoms with Gasteiger partial charge in [0.15, 0.2) is 0 Å². The van der Waals surface area contributed by atoms with Crippen LogP contribution in [0.5, 0.6) is 0 Å². The van der Waals surface area contributed by atoms with E-state index in [0.717, 1.165) is 15.1 Å². The second-order valence-electron chi connectivity index (χ2n) is 5.75. The first-order valence-electron chi connectivity index (χ1n) is 7.83. The predicted molar refractivity (Wildman–Crippen MR) is 94.9 cm³/mol. The smallest absolute Gasteiger partial charge is 0.261 e. The van der Waals surface area contributed by atoms with E-state index in [4.69, 9.17) is 0 Å². The number of hydrogen-bond donors (Lipinski definition) is 1. The SMILES string of the molecule is C[C@H](NC(=O)CCN1C(=O)c2ccc(Br)cc2C1=O)c1ccccn1. The van der Waals surface area contributed by atoms with Gasteiger partial charge in [0.05, 0.1) is 22.9 Å². The minimum absolute atomic E-state index is 0.0454. The molecule has 1 atom stereocenters. The maximum Gasteiger partial charge on any atom is 0.261 e. The molecule has 0 bridgehead atoms. The minimum atomic E-state index is -0.369. The summed E-state index contributed by atoms with van der Waals surface area (Å²) in [7, 11) is 0. The Labute approximate surface area is 153 Å². The van der Waals surface area contributed by atoms with Crippen molar-refractivity contribution in [3.05, 3.63) is 63.9 Å². The Kier molecular flexibility index (Phi) is 4.94. The normalized spacial score (nSPS) is 14.4. The zero-order valence-electron chi connectivity index (χ0n) is 13.5. The van der Waals surface area contributed by atoms with E-state index in [1.54, 1.807) is 30.5 Å². The van der Waals surface area contributed by atoms with Crippen molar-refractivity contribution in [2.24, 2.45) is 0 Å². The molecule has 1 aromatic heterocycles. The monoisotopic (exact) mass is 401 g/mol. The lowest BCUT2D eigenvalue weighted by molar-refractivity contribution is -0.121. The largest absolute Gasteiger partial charge is 0.348 e. The molecule has 0 unspecified atom stereocenters. The Morgan fingerprint density at radius 3 is 2.68 bits per heavy atom. The van der Waals surface area contributed by atoms with E-state index < -0.39 is 0 Å². The summed E-state index contributed by atoms with van der Waals surface area (Å²) in [6.07, 6.45) is 1.71. The van der Waals surface area contributed by atoms with Crippen LogP contribution in [-0.4, -0.2) is 34.2 Å². The van der Waals surface area contributed by atoms with Crippen molar-refractivity contribution in [2.75, 3.05) is 6.54 Å². The molecule has 128 valence electrons. The quantitative estimate of drug-likeness (QED) is 0.781. The van der Waals surface area contributed by atoms with E-state index in [9.17, 15) is 14.4 Å². The summed E-state index contributed by atoms with van der Waals surface area (Å²) in [5.74, 6) is -0.971. The number of carbonyl (C=O) groups excluding carboxylic acids is 3. The molecule has 6 nitrogen and oxygen atoms in total. The van der Waals surface area contributed by atoms with Crippen molar-refractivity contribution in [2.45, 2.75) is 19.4 Å². The standard InChI is InChI=1S/C18H16BrN3O3/c1-11(15-4-2-3-8-20-15)21-16(23)7-9-22-17(24)13-6-5-12(19)10-14(13)18(22)25/h2-6,8,10-11H,7,9H2,1H3,(H,21,23)/t11-/m0/s1. The van der Waals surface area contributed by atoms with Gasteiger partial charge in [0, 0.05) is 23.6 Å². The zero-order chi connectivity index (χ0) is 18.0. The van der Waals surface area contributed by atoms with Gasteiger partial charge in [0.2, 0.25) is 5.91 Å². The number of amides is 3. The number of hydrogen-bond acceptors (Lipinski definition) is 4. The number of imide groups is 1. The fraction of sp³-hybridized carbons (Fsp3) is 0.222. The molecule has 0 aliphatic carbocycles. The maximum absolute atomic E-state index is 12.4. The van der Waals surface area contributed by atoms with Crippen molar-refractivity contribution in [3.8, 4) is 0 Å². The summed E-state index contributed by atoms with van der Waals surface area (Å²) in [4.78, 5) is 42.1. The number of aromatic nitrogens is 1. The van der Waals surface area contributed by atoms with Crippen LogP contribution in [0.25, 0.3) is 0 Å². The van der Waals surface area contributed by atoms with Crippen molar-refractivity contribution >= 4 is 33.7 Å². The van der Waals surface area contributed by atoms with E-state index in [-0.39, 0.29) is 36.7 Å². The maximum atomic E-state index is 12.4. The van der Waals surface area contributed by atoms with Gasteiger partial charge in [-0.1, -0.05) is 22.0 Å². The van der Waals surface area contributed by atoms with Crippen LogP contribution in [0.15, 0.2) is 47.1 Å². The van der Waals surface area contributed by atoms with Gasteiger partial charge in [-0.3, -0.25) is 24.3 Å². The van der Waals surface area contributed by atoms with Crippen molar-refractivity contribution < 1.29 is 14.4 Å². The third kappa shape index (κ3) is 3.61. The average molecular weight is 402 g/mol. The number of nitrogens with zero attached hydrogens (tertiary/aromatic N) is 2. The van der Waals surface area contributed by atoms with Crippen LogP contribution in [-0.2, 0) is 4.79 Å². The second kappa shape index (κ2) is 7.14. The lowest BCUT2D eigenvalue weighted by Crippen LogP contribution is -2.35. The second-order valence-corrected chi connectivity index (χ2v) is 6.66. The minimum Gasteiger partial charge on any atom is -0.348 e. The van der Waals surface area contributed by atoms with Gasteiger partial charge in [0.1, 0.15) is 0 Å². The van der Waals surface area contributed by atoms with Crippen molar-refractivity contribution in [3.63, 3.8) is 0 Å². The Hall–Kier alpha value is -2.54. The highest BCUT2D eigenvalue weighted by Gasteiger charge is 2.35. The number of rotatable bonds is 5. The molecule has 1 N–H and O–H groups in total. The molecule has 1 aromatic carbocycles. The van der Waals surface area contributed by atoms with Crippen LogP contribution in [0.2, 0.25) is 0 Å². The van der Waals surface area contributed by atoms with E-state index in [2.05, 4.69) is 26.2 Å². The topological polar surface area (TPSA) is 79.4 Å². The highest BCUT2D eigenvalue weighted by Crippen LogP contribution is 2.26. The lowest BCUT2D eigenvalue weighted by Gasteiger charge is -2.16. The third-order valence-electron chi connectivity index (χ3n) is 4.00. The summed E-state index contributed by atoms with van der Waals surface area (Å²) in [5, 5.41) is 2.82. The first-order chi connectivity index (χ1) is 12.0. The van der Waals surface area contributed by atoms with Crippen LogP contribution >= 0.6 is 15.9 Å². The van der Waals surface area contributed by atoms with Gasteiger partial charge in [0.25, 0.3) is 11.8 Å². The Bertz CT molecular complexity index is 839. The molecule has 0 saturated carbocycles. The fourth-order valence-electron chi connectivity index (χ4n) is 2.70. The Morgan fingerprint density at radius 2 is 1.96 bits per heavy atom. The van der Waals surface area contributed by atoms with Gasteiger partial charge in [-0.2, -0.15) is 0 Å². The molecular weight excluding hydrogens is 386 g/mol. The number of nitrogens with one attached hydrogen (secondary N) is 1. The molecule has 0 radical (unpaired) electrons. The first kappa shape index (κ1) is 17.3. The molecular formula is C18H16BrN3O3. The molecule has 1 aliphatic heterocycles. The molecule has 3 amide bonds. The molecule has 7 heteroatoms. The summed E-state index contributed by atoms with van der Waals surface area (Å²) >= 11 is 3.29. The van der Waals surface area contributed by atoms with Gasteiger partial charge < -0.3 is 5.32 Å². The van der Waals surface area contributed by atoms with Gasteiger partial charge >= 0.3 is 0 Å². The predicted octanol–water partition coefficient (Wildman–Crippen LogP) is 2.71. The molecule has 2 aromatic rings. The molecule has 1 aliphatic rings. The number of pyridine rings is 1. The Balaban J connectivity index is 1.60.